The minimum Gasteiger partial charge on any atom is -0.465 e. The molecule has 0 unspecified atom stereocenters. The molecule has 8 heteroatoms. The van der Waals surface area contributed by atoms with Crippen LogP contribution in [0.15, 0.2) is 64.2 Å². The standard InChI is InChI=1S/C24H28N4O3.HI/c1-4-25-24(26-14-13-18-7-11-20(12-8-18)23(29)30-3)27-15-21-16-31-22(28-21)19-9-5-17(2)6-10-19;/h5-12,16H,4,13-15H2,1-3H3,(H2,25,26,27);1H. The van der Waals surface area contributed by atoms with Gasteiger partial charge in [0, 0.05) is 18.7 Å². The van der Waals surface area contributed by atoms with E-state index in [4.69, 9.17) is 9.15 Å². The van der Waals surface area contributed by atoms with Crippen LogP contribution in [0.25, 0.3) is 11.5 Å². The molecular formula is C24H29IN4O3. The highest BCUT2D eigenvalue weighted by Crippen LogP contribution is 2.19. The first-order valence-electron chi connectivity index (χ1n) is 10.3. The molecule has 0 saturated heterocycles. The molecule has 2 aromatic carbocycles. The highest BCUT2D eigenvalue weighted by atomic mass is 127. The highest BCUT2D eigenvalue weighted by molar-refractivity contribution is 14.0. The normalized spacial score (nSPS) is 10.9. The molecule has 1 heterocycles. The summed E-state index contributed by atoms with van der Waals surface area (Å²) in [6, 6.07) is 15.5. The third-order valence-corrected chi connectivity index (χ3v) is 4.67. The number of aliphatic imine (C=N–C) groups is 1. The van der Waals surface area contributed by atoms with E-state index in [0.29, 0.717) is 30.5 Å². The van der Waals surface area contributed by atoms with E-state index in [1.54, 1.807) is 18.4 Å². The fourth-order valence-electron chi connectivity index (χ4n) is 2.96. The minimum atomic E-state index is -0.329. The number of hydrogen-bond acceptors (Lipinski definition) is 5. The van der Waals surface area contributed by atoms with E-state index in [2.05, 4.69) is 20.6 Å². The van der Waals surface area contributed by atoms with Crippen molar-refractivity contribution in [3.05, 3.63) is 77.2 Å². The average molecular weight is 548 g/mol. The van der Waals surface area contributed by atoms with Crippen molar-refractivity contribution in [3.63, 3.8) is 0 Å². The SMILES string of the molecule is CCNC(=NCc1coc(-c2ccc(C)cc2)n1)NCCc1ccc(C(=O)OC)cc1.I. The Labute approximate surface area is 205 Å². The molecule has 1 aromatic heterocycles. The van der Waals surface area contributed by atoms with Crippen molar-refractivity contribution in [1.29, 1.82) is 0 Å². The van der Waals surface area contributed by atoms with Crippen LogP contribution in [-0.2, 0) is 17.7 Å². The first-order valence-corrected chi connectivity index (χ1v) is 10.3. The van der Waals surface area contributed by atoms with Crippen LogP contribution in [0.3, 0.4) is 0 Å². The molecule has 3 aromatic rings. The third kappa shape index (κ3) is 7.37. The lowest BCUT2D eigenvalue weighted by Gasteiger charge is -2.11. The number of esters is 1. The summed E-state index contributed by atoms with van der Waals surface area (Å²) in [6.07, 6.45) is 2.44. The maximum Gasteiger partial charge on any atom is 0.337 e. The molecule has 7 nitrogen and oxygen atoms in total. The molecule has 170 valence electrons. The van der Waals surface area contributed by atoms with Crippen LogP contribution >= 0.6 is 24.0 Å². The maximum atomic E-state index is 11.5. The molecule has 0 aliphatic carbocycles. The second-order valence-corrected chi connectivity index (χ2v) is 7.07. The lowest BCUT2D eigenvalue weighted by Crippen LogP contribution is -2.38. The number of nitrogens with zero attached hydrogens (tertiary/aromatic N) is 2. The third-order valence-electron chi connectivity index (χ3n) is 4.67. The summed E-state index contributed by atoms with van der Waals surface area (Å²) in [6.45, 7) is 5.95. The zero-order valence-electron chi connectivity index (χ0n) is 18.6. The lowest BCUT2D eigenvalue weighted by molar-refractivity contribution is 0.0600. The van der Waals surface area contributed by atoms with Gasteiger partial charge in [-0.2, -0.15) is 0 Å². The molecule has 0 radical (unpaired) electrons. The number of carbonyl (C=O) groups is 1. The lowest BCUT2D eigenvalue weighted by atomic mass is 10.1. The Morgan fingerprint density at radius 3 is 2.47 bits per heavy atom. The van der Waals surface area contributed by atoms with Gasteiger partial charge < -0.3 is 19.8 Å². The quantitative estimate of drug-likeness (QED) is 0.188. The van der Waals surface area contributed by atoms with Crippen LogP contribution in [-0.4, -0.2) is 37.1 Å². The predicted molar refractivity (Wildman–Crippen MR) is 136 cm³/mol. The van der Waals surface area contributed by atoms with Gasteiger partial charge in [-0.25, -0.2) is 14.8 Å². The largest absolute Gasteiger partial charge is 0.465 e. The number of hydrogen-bond donors (Lipinski definition) is 2. The van der Waals surface area contributed by atoms with Gasteiger partial charge in [0.05, 0.1) is 19.2 Å². The van der Waals surface area contributed by atoms with Gasteiger partial charge in [0.1, 0.15) is 12.0 Å². The van der Waals surface area contributed by atoms with Gasteiger partial charge >= 0.3 is 5.97 Å². The van der Waals surface area contributed by atoms with Crippen molar-refractivity contribution in [2.24, 2.45) is 4.99 Å². The van der Waals surface area contributed by atoms with Gasteiger partial charge in [-0.1, -0.05) is 29.8 Å². The molecule has 0 spiro atoms. The number of carbonyl (C=O) groups excluding carboxylic acids is 1. The van der Waals surface area contributed by atoms with E-state index in [0.717, 1.165) is 29.8 Å². The fraction of sp³-hybridized carbons (Fsp3) is 0.292. The topological polar surface area (TPSA) is 88.8 Å². The van der Waals surface area contributed by atoms with Gasteiger partial charge in [0.2, 0.25) is 5.89 Å². The molecule has 3 rings (SSSR count). The van der Waals surface area contributed by atoms with Gasteiger partial charge in [-0.05, 0) is 50.1 Å². The number of nitrogens with one attached hydrogen (secondary N) is 2. The fourth-order valence-corrected chi connectivity index (χ4v) is 2.96. The molecule has 0 fully saturated rings. The van der Waals surface area contributed by atoms with Crippen molar-refractivity contribution < 1.29 is 13.9 Å². The Bertz CT molecular complexity index is 1010. The number of oxazole rings is 1. The summed E-state index contributed by atoms with van der Waals surface area (Å²) in [5, 5.41) is 6.56. The van der Waals surface area contributed by atoms with Crippen LogP contribution in [0.5, 0.6) is 0 Å². The number of rotatable bonds is 8. The predicted octanol–water partition coefficient (Wildman–Crippen LogP) is 4.35. The van der Waals surface area contributed by atoms with Crippen molar-refractivity contribution in [1.82, 2.24) is 15.6 Å². The van der Waals surface area contributed by atoms with E-state index in [1.165, 1.54) is 12.7 Å². The highest BCUT2D eigenvalue weighted by Gasteiger charge is 2.07. The van der Waals surface area contributed by atoms with E-state index in [1.807, 2.05) is 50.2 Å². The number of aromatic nitrogens is 1. The van der Waals surface area contributed by atoms with Crippen molar-refractivity contribution in [3.8, 4) is 11.5 Å². The van der Waals surface area contributed by atoms with Crippen LogP contribution < -0.4 is 10.6 Å². The van der Waals surface area contributed by atoms with Gasteiger partial charge in [0.25, 0.3) is 0 Å². The molecule has 0 aliphatic rings. The van der Waals surface area contributed by atoms with Crippen LogP contribution in [0.1, 0.15) is 34.1 Å². The molecule has 0 saturated carbocycles. The van der Waals surface area contributed by atoms with E-state index in [9.17, 15) is 4.79 Å². The monoisotopic (exact) mass is 548 g/mol. The smallest absolute Gasteiger partial charge is 0.337 e. The molecular weight excluding hydrogens is 519 g/mol. The Balaban J connectivity index is 0.00000363. The molecule has 0 bridgehead atoms. The number of halogens is 1. The first kappa shape index (κ1) is 25.4. The van der Waals surface area contributed by atoms with Crippen molar-refractivity contribution >= 4 is 35.9 Å². The zero-order valence-corrected chi connectivity index (χ0v) is 20.9. The Hall–Kier alpha value is -2.88. The number of benzene rings is 2. The van der Waals surface area contributed by atoms with Gasteiger partial charge in [-0.15, -0.1) is 24.0 Å². The van der Waals surface area contributed by atoms with E-state index in [-0.39, 0.29) is 29.9 Å². The summed E-state index contributed by atoms with van der Waals surface area (Å²) >= 11 is 0. The van der Waals surface area contributed by atoms with Crippen molar-refractivity contribution in [2.75, 3.05) is 20.2 Å². The maximum absolute atomic E-state index is 11.5. The molecule has 0 aliphatic heterocycles. The zero-order chi connectivity index (χ0) is 22.1. The van der Waals surface area contributed by atoms with Crippen molar-refractivity contribution in [2.45, 2.75) is 26.8 Å². The minimum absolute atomic E-state index is 0. The second kappa shape index (κ2) is 12.8. The molecule has 2 N–H and O–H groups in total. The summed E-state index contributed by atoms with van der Waals surface area (Å²) in [5.41, 5.74) is 4.58. The Morgan fingerprint density at radius 2 is 1.81 bits per heavy atom. The number of aryl methyl sites for hydroxylation is 1. The first-order chi connectivity index (χ1) is 15.1. The van der Waals surface area contributed by atoms with E-state index < -0.39 is 0 Å². The molecule has 32 heavy (non-hydrogen) atoms. The summed E-state index contributed by atoms with van der Waals surface area (Å²) in [7, 11) is 1.38. The van der Waals surface area contributed by atoms with Gasteiger partial charge in [-0.3, -0.25) is 0 Å². The van der Waals surface area contributed by atoms with E-state index >= 15 is 0 Å². The number of guanidine groups is 1. The van der Waals surface area contributed by atoms with Crippen LogP contribution in [0, 0.1) is 6.92 Å². The van der Waals surface area contributed by atoms with Gasteiger partial charge in [0.15, 0.2) is 5.96 Å². The summed E-state index contributed by atoms with van der Waals surface area (Å²) < 4.78 is 10.3. The summed E-state index contributed by atoms with van der Waals surface area (Å²) in [5.74, 6) is 0.983. The summed E-state index contributed by atoms with van der Waals surface area (Å²) in [4.78, 5) is 20.6. The Kier molecular flexibility index (Phi) is 10.2. The number of methoxy groups -OCH3 is 1. The molecule has 0 atom stereocenters. The van der Waals surface area contributed by atoms with Crippen LogP contribution in [0.2, 0.25) is 0 Å². The Morgan fingerprint density at radius 1 is 1.09 bits per heavy atom. The average Bonchev–Trinajstić information content (AvgIpc) is 3.27. The van der Waals surface area contributed by atoms with Crippen LogP contribution in [0.4, 0.5) is 0 Å². The molecule has 0 amide bonds. The second-order valence-electron chi connectivity index (χ2n) is 7.07. The number of ether oxygens (including phenoxy) is 1.